The van der Waals surface area contributed by atoms with Gasteiger partial charge in [-0.2, -0.15) is 0 Å². The van der Waals surface area contributed by atoms with E-state index in [0.717, 1.165) is 29.8 Å². The number of para-hydroxylation sites is 1. The van der Waals surface area contributed by atoms with E-state index in [1.54, 1.807) is 0 Å². The highest BCUT2D eigenvalue weighted by molar-refractivity contribution is 5.98. The van der Waals surface area contributed by atoms with Crippen LogP contribution in [0.15, 0.2) is 84.9 Å². The van der Waals surface area contributed by atoms with Gasteiger partial charge >= 0.3 is 0 Å². The minimum absolute atomic E-state index is 0.0198. The van der Waals surface area contributed by atoms with Gasteiger partial charge in [0, 0.05) is 11.1 Å². The Morgan fingerprint density at radius 3 is 2.17 bits per heavy atom. The summed E-state index contributed by atoms with van der Waals surface area (Å²) < 4.78 is 0. The molecule has 3 aromatic rings. The topological polar surface area (TPSA) is 41.6 Å². The van der Waals surface area contributed by atoms with E-state index in [1.165, 1.54) is 5.56 Å². The molecule has 1 N–H and O–H groups in total. The second-order valence-electron chi connectivity index (χ2n) is 8.05. The average molecular weight is 384 g/mol. The van der Waals surface area contributed by atoms with Gasteiger partial charge in [-0.05, 0) is 49.6 Å². The molecule has 1 aliphatic heterocycles. The second kappa shape index (κ2) is 7.05. The van der Waals surface area contributed by atoms with Gasteiger partial charge in [0.1, 0.15) is 12.1 Å². The van der Waals surface area contributed by atoms with E-state index in [-0.39, 0.29) is 23.5 Å². The van der Waals surface area contributed by atoms with Gasteiger partial charge in [-0.1, -0.05) is 66.2 Å². The van der Waals surface area contributed by atoms with E-state index >= 15 is 0 Å². The van der Waals surface area contributed by atoms with E-state index in [2.05, 4.69) is 17.4 Å². The molecule has 2 aliphatic rings. The quantitative estimate of drug-likeness (QED) is 0.666. The highest BCUT2D eigenvalue weighted by Crippen LogP contribution is 2.65. The summed E-state index contributed by atoms with van der Waals surface area (Å²) in [7, 11) is 0. The average Bonchev–Trinajstić information content (AvgIpc) is 3.46. The molecular formula is C25H24N2O2. The third kappa shape index (κ3) is 3.19. The molecule has 29 heavy (non-hydrogen) atoms. The van der Waals surface area contributed by atoms with Crippen LogP contribution in [-0.4, -0.2) is 11.9 Å². The summed E-state index contributed by atoms with van der Waals surface area (Å²) in [6.45, 7) is 2.04. The van der Waals surface area contributed by atoms with Crippen molar-refractivity contribution in [1.82, 2.24) is 0 Å². The van der Waals surface area contributed by atoms with Crippen molar-refractivity contribution in [2.75, 3.05) is 10.4 Å². The first-order valence-electron chi connectivity index (χ1n) is 10.1. The second-order valence-corrected chi connectivity index (χ2v) is 8.05. The van der Waals surface area contributed by atoms with Crippen LogP contribution in [0.4, 0.5) is 11.4 Å². The van der Waals surface area contributed by atoms with Crippen LogP contribution >= 0.6 is 0 Å². The summed E-state index contributed by atoms with van der Waals surface area (Å²) >= 11 is 0. The summed E-state index contributed by atoms with van der Waals surface area (Å²) in [6, 6.07) is 27.7. The number of carbonyl (C=O) groups is 1. The van der Waals surface area contributed by atoms with Crippen LogP contribution in [0.1, 0.15) is 30.1 Å². The van der Waals surface area contributed by atoms with Crippen molar-refractivity contribution in [3.8, 4) is 0 Å². The fourth-order valence-electron chi connectivity index (χ4n) is 4.36. The number of nitrogens with zero attached hydrogens (tertiary/aromatic N) is 1. The van der Waals surface area contributed by atoms with Crippen LogP contribution in [0.3, 0.4) is 0 Å². The van der Waals surface area contributed by atoms with Crippen LogP contribution in [0, 0.1) is 12.3 Å². The van der Waals surface area contributed by atoms with Gasteiger partial charge in [0.15, 0.2) is 0 Å². The largest absolute Gasteiger partial charge is 0.324 e. The van der Waals surface area contributed by atoms with E-state index in [0.29, 0.717) is 0 Å². The number of benzene rings is 3. The van der Waals surface area contributed by atoms with Crippen LogP contribution in [0.2, 0.25) is 0 Å². The number of anilines is 2. The van der Waals surface area contributed by atoms with Gasteiger partial charge in [-0.3, -0.25) is 9.63 Å². The van der Waals surface area contributed by atoms with Crippen LogP contribution in [0.25, 0.3) is 0 Å². The van der Waals surface area contributed by atoms with Crippen LogP contribution < -0.4 is 10.4 Å². The van der Waals surface area contributed by atoms with Crippen molar-refractivity contribution in [2.24, 2.45) is 5.41 Å². The summed E-state index contributed by atoms with van der Waals surface area (Å²) in [6.07, 6.45) is 1.82. The van der Waals surface area contributed by atoms with E-state index < -0.39 is 0 Å². The lowest BCUT2D eigenvalue weighted by Crippen LogP contribution is -2.43. The van der Waals surface area contributed by atoms with Gasteiger partial charge < -0.3 is 5.32 Å². The van der Waals surface area contributed by atoms with Crippen molar-refractivity contribution >= 4 is 17.3 Å². The third-order valence-corrected chi connectivity index (χ3v) is 6.03. The summed E-state index contributed by atoms with van der Waals surface area (Å²) in [5, 5.41) is 4.95. The first-order valence-corrected chi connectivity index (χ1v) is 10.1. The highest BCUT2D eigenvalue weighted by atomic mass is 16.7. The van der Waals surface area contributed by atoms with Crippen molar-refractivity contribution in [3.05, 3.63) is 96.1 Å². The minimum Gasteiger partial charge on any atom is -0.324 e. The number of carbonyl (C=O) groups excluding carboxylic acids is 1. The van der Waals surface area contributed by atoms with Gasteiger partial charge in [0.2, 0.25) is 5.91 Å². The molecule has 3 aromatic carbocycles. The highest BCUT2D eigenvalue weighted by Gasteiger charge is 2.66. The summed E-state index contributed by atoms with van der Waals surface area (Å²) in [4.78, 5) is 20.0. The Balaban J connectivity index is 1.51. The Labute approximate surface area is 171 Å². The fraction of sp³-hybridized carbons (Fsp3) is 0.240. The number of hydrogen-bond donors (Lipinski definition) is 1. The number of rotatable bonds is 4. The molecule has 5 rings (SSSR count). The lowest BCUT2D eigenvalue weighted by molar-refractivity contribution is -0.118. The predicted octanol–water partition coefficient (Wildman–Crippen LogP) is 5.28. The molecule has 1 aliphatic carbocycles. The van der Waals surface area contributed by atoms with Crippen molar-refractivity contribution in [3.63, 3.8) is 0 Å². The zero-order valence-electron chi connectivity index (χ0n) is 16.4. The molecule has 1 spiro atoms. The molecule has 2 fully saturated rings. The maximum atomic E-state index is 13.5. The van der Waals surface area contributed by atoms with Crippen molar-refractivity contribution in [2.45, 2.75) is 31.9 Å². The molecule has 1 saturated heterocycles. The number of hydrogen-bond acceptors (Lipinski definition) is 3. The maximum Gasteiger partial charge on any atom is 0.250 e. The first kappa shape index (κ1) is 18.0. The molecule has 2 atom stereocenters. The molecule has 1 heterocycles. The summed E-state index contributed by atoms with van der Waals surface area (Å²) in [5.41, 5.74) is 3.80. The Morgan fingerprint density at radius 2 is 1.55 bits per heavy atom. The minimum atomic E-state index is -0.378. The number of nitrogens with one attached hydrogen (secondary N) is 1. The zero-order chi connectivity index (χ0) is 19.8. The van der Waals surface area contributed by atoms with Gasteiger partial charge in [0.25, 0.3) is 0 Å². The smallest absolute Gasteiger partial charge is 0.250 e. The zero-order valence-corrected chi connectivity index (χ0v) is 16.4. The Morgan fingerprint density at radius 1 is 0.931 bits per heavy atom. The van der Waals surface area contributed by atoms with E-state index in [9.17, 15) is 4.79 Å². The molecule has 1 amide bonds. The van der Waals surface area contributed by atoms with E-state index in [1.807, 2.05) is 84.8 Å². The normalized spacial score (nSPS) is 21.9. The monoisotopic (exact) mass is 384 g/mol. The van der Waals surface area contributed by atoms with E-state index in [4.69, 9.17) is 4.84 Å². The number of hydroxylamine groups is 1. The Hall–Kier alpha value is -3.11. The standard InChI is InChI=1S/C25H24N2O2/c1-18-12-14-20(15-13-18)26-24(28)22-25(16-17-25)23(19-8-4-2-5-9-19)29-27(22)21-10-6-3-7-11-21/h2-15,22-23H,16-17H2,1H3,(H,26,28)/t22-,23+/m0/s1. The molecule has 0 bridgehead atoms. The molecule has 4 nitrogen and oxygen atoms in total. The van der Waals surface area contributed by atoms with Crippen molar-refractivity contribution in [1.29, 1.82) is 0 Å². The lowest BCUT2D eigenvalue weighted by atomic mass is 9.86. The lowest BCUT2D eigenvalue weighted by Gasteiger charge is -2.26. The van der Waals surface area contributed by atoms with Crippen LogP contribution in [-0.2, 0) is 9.63 Å². The molecular weight excluding hydrogens is 360 g/mol. The molecule has 4 heteroatoms. The van der Waals surface area contributed by atoms with Gasteiger partial charge in [0.05, 0.1) is 5.69 Å². The Bertz CT molecular complexity index is 998. The predicted molar refractivity (Wildman–Crippen MR) is 114 cm³/mol. The van der Waals surface area contributed by atoms with Gasteiger partial charge in [-0.15, -0.1) is 0 Å². The first-order chi connectivity index (χ1) is 14.2. The molecule has 0 aromatic heterocycles. The SMILES string of the molecule is Cc1ccc(NC(=O)[C@@H]2N(c3ccccc3)O[C@H](c3ccccc3)C23CC3)cc1. The molecule has 0 radical (unpaired) electrons. The van der Waals surface area contributed by atoms with Crippen molar-refractivity contribution < 1.29 is 9.63 Å². The summed E-state index contributed by atoms with van der Waals surface area (Å²) in [5.74, 6) is -0.0198. The molecule has 1 saturated carbocycles. The molecule has 146 valence electrons. The number of amides is 1. The van der Waals surface area contributed by atoms with Crippen LogP contribution in [0.5, 0.6) is 0 Å². The third-order valence-electron chi connectivity index (χ3n) is 6.03. The van der Waals surface area contributed by atoms with Gasteiger partial charge in [-0.25, -0.2) is 5.06 Å². The Kier molecular flexibility index (Phi) is 4.36. The fourth-order valence-corrected chi connectivity index (χ4v) is 4.36. The molecule has 0 unspecified atom stereocenters. The maximum absolute atomic E-state index is 13.5. The number of aryl methyl sites for hydroxylation is 1.